The average molecular weight is 256 g/mol. The number of ether oxygens (including phenoxy) is 1. The van der Waals surface area contributed by atoms with Crippen LogP contribution in [0.4, 0.5) is 0 Å². The van der Waals surface area contributed by atoms with Crippen LogP contribution in [0, 0.1) is 5.92 Å². The van der Waals surface area contributed by atoms with Crippen molar-refractivity contribution in [3.63, 3.8) is 0 Å². The van der Waals surface area contributed by atoms with E-state index < -0.39 is 0 Å². The third-order valence-corrected chi connectivity index (χ3v) is 4.09. The van der Waals surface area contributed by atoms with Crippen molar-refractivity contribution in [3.05, 3.63) is 0 Å². The van der Waals surface area contributed by atoms with Crippen molar-refractivity contribution in [1.29, 1.82) is 0 Å². The smallest absolute Gasteiger partial charge is 0.0509 e. The molecule has 18 heavy (non-hydrogen) atoms. The van der Waals surface area contributed by atoms with E-state index in [2.05, 4.69) is 25.7 Å². The van der Waals surface area contributed by atoms with Gasteiger partial charge in [-0.05, 0) is 45.6 Å². The Balaban J connectivity index is 2.54. The molecular formula is C15H32N2O. The summed E-state index contributed by atoms with van der Waals surface area (Å²) in [5, 5.41) is 0. The predicted molar refractivity (Wildman–Crippen MR) is 77.8 cm³/mol. The first-order valence-corrected chi connectivity index (χ1v) is 7.74. The van der Waals surface area contributed by atoms with Gasteiger partial charge in [0.25, 0.3) is 0 Å². The number of nitrogens with zero attached hydrogens (tertiary/aromatic N) is 1. The van der Waals surface area contributed by atoms with E-state index in [1.165, 1.54) is 38.6 Å². The molecule has 1 fully saturated rings. The number of hydrogen-bond donors (Lipinski definition) is 1. The summed E-state index contributed by atoms with van der Waals surface area (Å²) in [6.45, 7) is 10.6. The summed E-state index contributed by atoms with van der Waals surface area (Å²) in [6.07, 6.45) is 6.37. The molecule has 0 aromatic rings. The van der Waals surface area contributed by atoms with Gasteiger partial charge in [0.15, 0.2) is 0 Å². The molecule has 3 heteroatoms. The fraction of sp³-hybridized carbons (Fsp3) is 1.00. The Labute approximate surface area is 113 Å². The highest BCUT2D eigenvalue weighted by Gasteiger charge is 2.29. The molecule has 1 aliphatic heterocycles. The van der Waals surface area contributed by atoms with Crippen LogP contribution in [0.15, 0.2) is 0 Å². The number of hydrogen-bond acceptors (Lipinski definition) is 3. The molecule has 0 saturated carbocycles. The Morgan fingerprint density at radius 3 is 2.61 bits per heavy atom. The third-order valence-electron chi connectivity index (χ3n) is 4.09. The molecule has 0 spiro atoms. The minimum absolute atomic E-state index is 0.502. The van der Waals surface area contributed by atoms with Crippen LogP contribution in [0.2, 0.25) is 0 Å². The van der Waals surface area contributed by atoms with Gasteiger partial charge in [-0.2, -0.15) is 0 Å². The van der Waals surface area contributed by atoms with Crippen LogP contribution < -0.4 is 5.73 Å². The van der Waals surface area contributed by atoms with Gasteiger partial charge in [0.1, 0.15) is 0 Å². The lowest BCUT2D eigenvalue weighted by molar-refractivity contribution is 0.00239. The number of unbranched alkanes of at least 4 members (excludes halogenated alkanes) is 2. The summed E-state index contributed by atoms with van der Waals surface area (Å²) in [5.41, 5.74) is 6.05. The van der Waals surface area contributed by atoms with Gasteiger partial charge < -0.3 is 10.5 Å². The highest BCUT2D eigenvalue weighted by atomic mass is 16.5. The summed E-state index contributed by atoms with van der Waals surface area (Å²) in [7, 11) is 0. The summed E-state index contributed by atoms with van der Waals surface area (Å²) in [5.74, 6) is 0.632. The van der Waals surface area contributed by atoms with Crippen LogP contribution >= 0.6 is 0 Å². The standard InChI is InChI=1S/C15H32N2O/c1-4-5-6-9-17(13(2)3)15(11-16)14-8-7-10-18-12-14/h13-15H,4-12,16H2,1-3H3. The first-order valence-electron chi connectivity index (χ1n) is 7.74. The molecule has 2 N–H and O–H groups in total. The Morgan fingerprint density at radius 2 is 2.11 bits per heavy atom. The lowest BCUT2D eigenvalue weighted by Gasteiger charge is -2.40. The Morgan fingerprint density at radius 1 is 1.33 bits per heavy atom. The van der Waals surface area contributed by atoms with Crippen molar-refractivity contribution in [2.45, 2.75) is 65.0 Å². The molecule has 1 saturated heterocycles. The van der Waals surface area contributed by atoms with Crippen molar-refractivity contribution in [1.82, 2.24) is 4.90 Å². The first-order chi connectivity index (χ1) is 8.70. The van der Waals surface area contributed by atoms with Crippen molar-refractivity contribution >= 4 is 0 Å². The predicted octanol–water partition coefficient (Wildman–Crippen LogP) is 2.64. The van der Waals surface area contributed by atoms with Gasteiger partial charge in [-0.1, -0.05) is 19.8 Å². The van der Waals surface area contributed by atoms with E-state index >= 15 is 0 Å². The van der Waals surface area contributed by atoms with E-state index in [0.717, 1.165) is 19.8 Å². The van der Waals surface area contributed by atoms with Crippen molar-refractivity contribution in [3.8, 4) is 0 Å². The van der Waals surface area contributed by atoms with E-state index in [4.69, 9.17) is 10.5 Å². The van der Waals surface area contributed by atoms with Gasteiger partial charge in [0.2, 0.25) is 0 Å². The molecule has 2 unspecified atom stereocenters. The van der Waals surface area contributed by atoms with Crippen LogP contribution in [-0.4, -0.2) is 43.3 Å². The monoisotopic (exact) mass is 256 g/mol. The minimum Gasteiger partial charge on any atom is -0.381 e. The number of nitrogens with two attached hydrogens (primary N) is 1. The second-order valence-electron chi connectivity index (χ2n) is 5.82. The second-order valence-corrected chi connectivity index (χ2v) is 5.82. The number of rotatable bonds is 8. The third kappa shape index (κ3) is 4.87. The van der Waals surface area contributed by atoms with E-state index in [1.807, 2.05) is 0 Å². The molecule has 108 valence electrons. The van der Waals surface area contributed by atoms with Crippen molar-refractivity contribution in [2.75, 3.05) is 26.3 Å². The molecule has 0 amide bonds. The van der Waals surface area contributed by atoms with Gasteiger partial charge in [0, 0.05) is 25.2 Å². The van der Waals surface area contributed by atoms with Crippen LogP contribution in [0.3, 0.4) is 0 Å². The van der Waals surface area contributed by atoms with Gasteiger partial charge >= 0.3 is 0 Å². The normalized spacial score (nSPS) is 22.7. The molecule has 0 radical (unpaired) electrons. The zero-order chi connectivity index (χ0) is 13.4. The largest absolute Gasteiger partial charge is 0.381 e. The molecule has 0 bridgehead atoms. The minimum atomic E-state index is 0.502. The zero-order valence-corrected chi connectivity index (χ0v) is 12.5. The highest BCUT2D eigenvalue weighted by Crippen LogP contribution is 2.23. The maximum atomic E-state index is 6.05. The van der Waals surface area contributed by atoms with E-state index in [-0.39, 0.29) is 0 Å². The van der Waals surface area contributed by atoms with E-state index in [9.17, 15) is 0 Å². The average Bonchev–Trinajstić information content (AvgIpc) is 2.39. The molecule has 1 rings (SSSR count). The Bertz CT molecular complexity index is 203. The first kappa shape index (κ1) is 15.9. The molecular weight excluding hydrogens is 224 g/mol. The summed E-state index contributed by atoms with van der Waals surface area (Å²) >= 11 is 0. The lowest BCUT2D eigenvalue weighted by atomic mass is 9.91. The molecule has 0 aromatic heterocycles. The molecule has 0 aromatic carbocycles. The highest BCUT2D eigenvalue weighted by molar-refractivity contribution is 4.83. The van der Waals surface area contributed by atoms with Crippen molar-refractivity contribution < 1.29 is 4.74 Å². The molecule has 3 nitrogen and oxygen atoms in total. The van der Waals surface area contributed by atoms with E-state index in [0.29, 0.717) is 18.0 Å². The lowest BCUT2D eigenvalue weighted by Crippen LogP contribution is -2.51. The Hall–Kier alpha value is -0.120. The SMILES string of the molecule is CCCCCN(C(C)C)C(CN)C1CCCOC1. The summed E-state index contributed by atoms with van der Waals surface area (Å²) in [6, 6.07) is 1.08. The second kappa shape index (κ2) is 8.89. The van der Waals surface area contributed by atoms with Gasteiger partial charge in [-0.15, -0.1) is 0 Å². The maximum Gasteiger partial charge on any atom is 0.0509 e. The molecule has 1 aliphatic rings. The Kier molecular flexibility index (Phi) is 7.87. The van der Waals surface area contributed by atoms with Crippen molar-refractivity contribution in [2.24, 2.45) is 11.7 Å². The molecule has 2 atom stereocenters. The van der Waals surface area contributed by atoms with Gasteiger partial charge in [0.05, 0.1) is 6.61 Å². The van der Waals surface area contributed by atoms with Crippen LogP contribution in [0.5, 0.6) is 0 Å². The summed E-state index contributed by atoms with van der Waals surface area (Å²) in [4.78, 5) is 2.61. The van der Waals surface area contributed by atoms with E-state index in [1.54, 1.807) is 0 Å². The topological polar surface area (TPSA) is 38.5 Å². The molecule has 0 aliphatic carbocycles. The van der Waals surface area contributed by atoms with Gasteiger partial charge in [-0.3, -0.25) is 4.90 Å². The maximum absolute atomic E-state index is 6.05. The zero-order valence-electron chi connectivity index (χ0n) is 12.5. The fourth-order valence-corrected chi connectivity index (χ4v) is 3.02. The van der Waals surface area contributed by atoms with Gasteiger partial charge in [-0.25, -0.2) is 0 Å². The quantitative estimate of drug-likeness (QED) is 0.679. The summed E-state index contributed by atoms with van der Waals surface area (Å²) < 4.78 is 5.64. The van der Waals surface area contributed by atoms with Crippen LogP contribution in [0.25, 0.3) is 0 Å². The fourth-order valence-electron chi connectivity index (χ4n) is 3.02. The van der Waals surface area contributed by atoms with Crippen LogP contribution in [0.1, 0.15) is 52.9 Å². The molecule has 1 heterocycles. The van der Waals surface area contributed by atoms with Crippen LogP contribution in [-0.2, 0) is 4.74 Å².